The summed E-state index contributed by atoms with van der Waals surface area (Å²) in [5.74, 6) is 0.785. The Kier molecular flexibility index (Phi) is 2.70. The predicted octanol–water partition coefficient (Wildman–Crippen LogP) is 2.70. The summed E-state index contributed by atoms with van der Waals surface area (Å²) in [6.07, 6.45) is 4.04. The fourth-order valence-electron chi connectivity index (χ4n) is 2.24. The van der Waals surface area contributed by atoms with Gasteiger partial charge in [0.1, 0.15) is 0 Å². The van der Waals surface area contributed by atoms with Crippen molar-refractivity contribution < 1.29 is 0 Å². The Bertz CT molecular complexity index is 290. The molecule has 1 atom stereocenters. The molecule has 1 N–H and O–H groups in total. The molecule has 2 heteroatoms. The van der Waals surface area contributed by atoms with Gasteiger partial charge >= 0.3 is 0 Å². The van der Waals surface area contributed by atoms with E-state index in [1.807, 2.05) is 11.3 Å². The van der Waals surface area contributed by atoms with Gasteiger partial charge in [-0.05, 0) is 44.9 Å². The third-order valence-electron chi connectivity index (χ3n) is 2.78. The first-order valence-corrected chi connectivity index (χ1v) is 5.86. The molecule has 0 radical (unpaired) electrons. The lowest BCUT2D eigenvalue weighted by Crippen LogP contribution is -2.19. The van der Waals surface area contributed by atoms with Gasteiger partial charge in [0.05, 0.1) is 0 Å². The molecule has 1 aliphatic rings. The van der Waals surface area contributed by atoms with Crippen molar-refractivity contribution in [1.82, 2.24) is 5.32 Å². The van der Waals surface area contributed by atoms with E-state index in [1.54, 1.807) is 10.4 Å². The van der Waals surface area contributed by atoms with Gasteiger partial charge in [-0.1, -0.05) is 0 Å². The molecule has 0 saturated carbocycles. The Balaban J connectivity index is 2.25. The minimum absolute atomic E-state index is 0.785. The van der Waals surface area contributed by atoms with Crippen LogP contribution in [0.4, 0.5) is 0 Å². The van der Waals surface area contributed by atoms with E-state index < -0.39 is 0 Å². The molecule has 72 valence electrons. The van der Waals surface area contributed by atoms with Gasteiger partial charge in [0.2, 0.25) is 0 Å². The van der Waals surface area contributed by atoms with Crippen molar-refractivity contribution in [3.63, 3.8) is 0 Å². The minimum atomic E-state index is 0.785. The molecule has 2 rings (SSSR count). The van der Waals surface area contributed by atoms with Crippen molar-refractivity contribution in [3.05, 3.63) is 21.4 Å². The summed E-state index contributed by atoms with van der Waals surface area (Å²) in [5, 5.41) is 3.29. The highest BCUT2D eigenvalue weighted by Crippen LogP contribution is 2.36. The molecule has 0 amide bonds. The summed E-state index contributed by atoms with van der Waals surface area (Å²) in [6.45, 7) is 3.37. The first-order chi connectivity index (χ1) is 6.31. The molecule has 1 heterocycles. The maximum absolute atomic E-state index is 3.29. The average Bonchev–Trinajstić information content (AvgIpc) is 2.47. The van der Waals surface area contributed by atoms with Crippen LogP contribution in [0.15, 0.2) is 6.07 Å². The van der Waals surface area contributed by atoms with Gasteiger partial charge in [0, 0.05) is 22.2 Å². The Hall–Kier alpha value is -0.340. The number of fused-ring (bicyclic) bond motifs is 1. The molecule has 0 aliphatic heterocycles. The van der Waals surface area contributed by atoms with E-state index in [4.69, 9.17) is 0 Å². The summed E-state index contributed by atoms with van der Waals surface area (Å²) in [7, 11) is 2.05. The van der Waals surface area contributed by atoms with Gasteiger partial charge in [0.25, 0.3) is 0 Å². The molecule has 1 unspecified atom stereocenters. The zero-order chi connectivity index (χ0) is 9.26. The third kappa shape index (κ3) is 1.79. The molecule has 1 aliphatic carbocycles. The van der Waals surface area contributed by atoms with Gasteiger partial charge in [-0.15, -0.1) is 11.3 Å². The molecule has 0 bridgehead atoms. The van der Waals surface area contributed by atoms with Crippen LogP contribution in [0.1, 0.15) is 34.1 Å². The van der Waals surface area contributed by atoms with E-state index in [-0.39, 0.29) is 0 Å². The van der Waals surface area contributed by atoms with Gasteiger partial charge in [-0.3, -0.25) is 0 Å². The Morgan fingerprint density at radius 1 is 1.62 bits per heavy atom. The fraction of sp³-hybridized carbons (Fsp3) is 0.636. The molecule has 0 fully saturated rings. The van der Waals surface area contributed by atoms with Crippen LogP contribution >= 0.6 is 11.3 Å². The zero-order valence-electron chi connectivity index (χ0n) is 8.39. The highest BCUT2D eigenvalue weighted by molar-refractivity contribution is 7.12. The van der Waals surface area contributed by atoms with Crippen molar-refractivity contribution in [3.8, 4) is 0 Å². The van der Waals surface area contributed by atoms with Gasteiger partial charge in [0.15, 0.2) is 0 Å². The van der Waals surface area contributed by atoms with Crippen molar-refractivity contribution >= 4 is 11.3 Å². The van der Waals surface area contributed by atoms with E-state index in [1.165, 1.54) is 24.1 Å². The van der Waals surface area contributed by atoms with Crippen LogP contribution in [0.3, 0.4) is 0 Å². The minimum Gasteiger partial charge on any atom is -0.319 e. The first-order valence-electron chi connectivity index (χ1n) is 5.05. The van der Waals surface area contributed by atoms with Gasteiger partial charge in [-0.25, -0.2) is 0 Å². The summed E-state index contributed by atoms with van der Waals surface area (Å²) in [6, 6.07) is 2.38. The molecule has 1 aromatic rings. The number of likely N-dealkylation sites (N-methyl/N-ethyl adjacent to an activating group) is 1. The number of hydrogen-bond acceptors (Lipinski definition) is 2. The Morgan fingerprint density at radius 3 is 3.23 bits per heavy atom. The highest BCUT2D eigenvalue weighted by atomic mass is 32.1. The van der Waals surface area contributed by atoms with Crippen LogP contribution in [0.2, 0.25) is 0 Å². The second-order valence-corrected chi connectivity index (χ2v) is 5.18. The molecule has 0 spiro atoms. The second kappa shape index (κ2) is 3.81. The fourth-order valence-corrected chi connectivity index (χ4v) is 3.44. The standard InChI is InChI=1S/C11H17NS/c1-8-6-9-4-3-5-10(7-12-2)11(9)13-8/h6,10,12H,3-5,7H2,1-2H3. The van der Waals surface area contributed by atoms with Crippen LogP contribution in [-0.4, -0.2) is 13.6 Å². The number of nitrogens with one attached hydrogen (secondary N) is 1. The van der Waals surface area contributed by atoms with Crippen molar-refractivity contribution in [2.24, 2.45) is 0 Å². The van der Waals surface area contributed by atoms with E-state index >= 15 is 0 Å². The summed E-state index contributed by atoms with van der Waals surface area (Å²) < 4.78 is 0. The lowest BCUT2D eigenvalue weighted by atomic mass is 9.89. The monoisotopic (exact) mass is 195 g/mol. The Labute approximate surface area is 84.2 Å². The highest BCUT2D eigenvalue weighted by Gasteiger charge is 2.21. The van der Waals surface area contributed by atoms with Crippen LogP contribution in [0.5, 0.6) is 0 Å². The maximum atomic E-state index is 3.29. The van der Waals surface area contributed by atoms with E-state index in [2.05, 4.69) is 25.4 Å². The Morgan fingerprint density at radius 2 is 2.46 bits per heavy atom. The number of hydrogen-bond donors (Lipinski definition) is 1. The van der Waals surface area contributed by atoms with E-state index in [0.717, 1.165) is 12.5 Å². The van der Waals surface area contributed by atoms with Crippen LogP contribution in [-0.2, 0) is 6.42 Å². The van der Waals surface area contributed by atoms with E-state index in [0.29, 0.717) is 0 Å². The van der Waals surface area contributed by atoms with Crippen LogP contribution in [0.25, 0.3) is 0 Å². The number of rotatable bonds is 2. The quantitative estimate of drug-likeness (QED) is 0.765. The third-order valence-corrected chi connectivity index (χ3v) is 4.04. The topological polar surface area (TPSA) is 12.0 Å². The molecule has 1 nitrogen and oxygen atoms in total. The molecular weight excluding hydrogens is 178 g/mol. The zero-order valence-corrected chi connectivity index (χ0v) is 9.21. The predicted molar refractivity (Wildman–Crippen MR) is 58.7 cm³/mol. The van der Waals surface area contributed by atoms with E-state index in [9.17, 15) is 0 Å². The normalized spacial score (nSPS) is 21.5. The molecule has 13 heavy (non-hydrogen) atoms. The van der Waals surface area contributed by atoms with Crippen molar-refractivity contribution in [2.45, 2.75) is 32.1 Å². The molecule has 0 saturated heterocycles. The molecule has 0 aromatic carbocycles. The summed E-state index contributed by atoms with van der Waals surface area (Å²) in [4.78, 5) is 3.13. The lowest BCUT2D eigenvalue weighted by molar-refractivity contribution is 0.538. The van der Waals surface area contributed by atoms with Crippen molar-refractivity contribution in [1.29, 1.82) is 0 Å². The molecular formula is C11H17NS. The summed E-state index contributed by atoms with van der Waals surface area (Å²) in [5.41, 5.74) is 1.62. The maximum Gasteiger partial charge on any atom is 0.0124 e. The van der Waals surface area contributed by atoms with Crippen molar-refractivity contribution in [2.75, 3.05) is 13.6 Å². The average molecular weight is 195 g/mol. The second-order valence-electron chi connectivity index (χ2n) is 3.89. The smallest absolute Gasteiger partial charge is 0.0124 e. The number of aryl methyl sites for hydroxylation is 2. The first kappa shape index (κ1) is 9.22. The molecule has 1 aromatic heterocycles. The SMILES string of the molecule is CNCC1CCCc2cc(C)sc21. The van der Waals surface area contributed by atoms with Crippen LogP contribution < -0.4 is 5.32 Å². The summed E-state index contributed by atoms with van der Waals surface area (Å²) >= 11 is 2.00. The largest absolute Gasteiger partial charge is 0.319 e. The van der Waals surface area contributed by atoms with Gasteiger partial charge in [-0.2, -0.15) is 0 Å². The number of thiophene rings is 1. The van der Waals surface area contributed by atoms with Crippen LogP contribution in [0, 0.1) is 6.92 Å². The van der Waals surface area contributed by atoms with Gasteiger partial charge < -0.3 is 5.32 Å². The lowest BCUT2D eigenvalue weighted by Gasteiger charge is -2.21.